The van der Waals surface area contributed by atoms with Crippen LogP contribution >= 0.6 is 0 Å². The number of nitrogens with zero attached hydrogens (tertiary/aromatic N) is 1. The summed E-state index contributed by atoms with van der Waals surface area (Å²) in [6, 6.07) is 6.92. The molecule has 1 fully saturated rings. The lowest BCUT2D eigenvalue weighted by molar-refractivity contribution is -0.0504. The SMILES string of the molecule is FC(F)Oc1ccccc1CNCCCN1CCCC1. The van der Waals surface area contributed by atoms with E-state index in [1.807, 2.05) is 12.1 Å². The molecule has 0 aromatic heterocycles. The van der Waals surface area contributed by atoms with Crippen LogP contribution < -0.4 is 10.1 Å². The molecule has 20 heavy (non-hydrogen) atoms. The molecular formula is C15H22F2N2O. The Balaban J connectivity index is 1.67. The van der Waals surface area contributed by atoms with E-state index in [1.54, 1.807) is 12.1 Å². The van der Waals surface area contributed by atoms with Crippen LogP contribution in [0.2, 0.25) is 0 Å². The number of para-hydroxylation sites is 1. The number of ether oxygens (including phenoxy) is 1. The second-order valence-corrected chi connectivity index (χ2v) is 5.07. The van der Waals surface area contributed by atoms with Crippen LogP contribution in [0, 0.1) is 0 Å². The maximum Gasteiger partial charge on any atom is 0.387 e. The number of nitrogens with one attached hydrogen (secondary N) is 1. The Hall–Kier alpha value is -1.20. The minimum absolute atomic E-state index is 0.259. The van der Waals surface area contributed by atoms with Gasteiger partial charge in [0.25, 0.3) is 0 Å². The van der Waals surface area contributed by atoms with Gasteiger partial charge in [-0.2, -0.15) is 8.78 Å². The summed E-state index contributed by atoms with van der Waals surface area (Å²) in [5.74, 6) is 0.259. The number of hydrogen-bond donors (Lipinski definition) is 1. The van der Waals surface area contributed by atoms with Crippen molar-refractivity contribution < 1.29 is 13.5 Å². The van der Waals surface area contributed by atoms with Crippen molar-refractivity contribution in [1.29, 1.82) is 0 Å². The van der Waals surface area contributed by atoms with Gasteiger partial charge in [-0.3, -0.25) is 0 Å². The molecule has 0 unspecified atom stereocenters. The average Bonchev–Trinajstić information content (AvgIpc) is 2.93. The molecule has 1 aliphatic rings. The van der Waals surface area contributed by atoms with E-state index in [-0.39, 0.29) is 5.75 Å². The molecule has 1 aliphatic heterocycles. The third kappa shape index (κ3) is 5.06. The average molecular weight is 284 g/mol. The molecule has 0 radical (unpaired) electrons. The molecule has 0 atom stereocenters. The third-order valence-electron chi connectivity index (χ3n) is 3.53. The highest BCUT2D eigenvalue weighted by Gasteiger charge is 2.11. The Labute approximate surface area is 118 Å². The predicted octanol–water partition coefficient (Wildman–Crippen LogP) is 2.86. The van der Waals surface area contributed by atoms with E-state index in [0.717, 1.165) is 25.1 Å². The van der Waals surface area contributed by atoms with Crippen molar-refractivity contribution in [3.05, 3.63) is 29.8 Å². The number of alkyl halides is 2. The smallest absolute Gasteiger partial charge is 0.387 e. The lowest BCUT2D eigenvalue weighted by atomic mass is 10.2. The van der Waals surface area contributed by atoms with Gasteiger partial charge in [0, 0.05) is 12.1 Å². The maximum atomic E-state index is 12.3. The summed E-state index contributed by atoms with van der Waals surface area (Å²) in [5, 5.41) is 3.29. The molecule has 3 nitrogen and oxygen atoms in total. The van der Waals surface area contributed by atoms with Crippen molar-refractivity contribution in [2.24, 2.45) is 0 Å². The van der Waals surface area contributed by atoms with Crippen LogP contribution in [0.4, 0.5) is 8.78 Å². The number of hydrogen-bond acceptors (Lipinski definition) is 3. The van der Waals surface area contributed by atoms with Crippen LogP contribution in [0.25, 0.3) is 0 Å². The first-order chi connectivity index (χ1) is 9.75. The van der Waals surface area contributed by atoms with E-state index in [0.29, 0.717) is 6.54 Å². The van der Waals surface area contributed by atoms with Crippen LogP contribution in [0.15, 0.2) is 24.3 Å². The van der Waals surface area contributed by atoms with Crippen molar-refractivity contribution in [2.75, 3.05) is 26.2 Å². The Morgan fingerprint density at radius 3 is 2.70 bits per heavy atom. The van der Waals surface area contributed by atoms with Gasteiger partial charge in [-0.25, -0.2) is 0 Å². The molecule has 1 heterocycles. The molecule has 2 rings (SSSR count). The molecule has 1 saturated heterocycles. The fourth-order valence-electron chi connectivity index (χ4n) is 2.52. The summed E-state index contributed by atoms with van der Waals surface area (Å²) < 4.78 is 29.0. The first-order valence-electron chi connectivity index (χ1n) is 7.21. The molecule has 0 amide bonds. The highest BCUT2D eigenvalue weighted by molar-refractivity contribution is 5.33. The summed E-state index contributed by atoms with van der Waals surface area (Å²) >= 11 is 0. The van der Waals surface area contributed by atoms with Gasteiger partial charge in [0.15, 0.2) is 0 Å². The number of likely N-dealkylation sites (tertiary alicyclic amines) is 1. The van der Waals surface area contributed by atoms with Crippen molar-refractivity contribution in [1.82, 2.24) is 10.2 Å². The van der Waals surface area contributed by atoms with Crippen LogP contribution in [0.5, 0.6) is 5.75 Å². The lowest BCUT2D eigenvalue weighted by Gasteiger charge is -2.15. The summed E-state index contributed by atoms with van der Waals surface area (Å²) in [7, 11) is 0. The highest BCUT2D eigenvalue weighted by atomic mass is 19.3. The Kier molecular flexibility index (Phi) is 6.21. The van der Waals surface area contributed by atoms with Gasteiger partial charge in [-0.15, -0.1) is 0 Å². The summed E-state index contributed by atoms with van der Waals surface area (Å²) in [4.78, 5) is 2.47. The highest BCUT2D eigenvalue weighted by Crippen LogP contribution is 2.19. The van der Waals surface area contributed by atoms with Crippen LogP contribution in [-0.2, 0) is 6.54 Å². The number of rotatable bonds is 8. The molecule has 1 N–H and O–H groups in total. The topological polar surface area (TPSA) is 24.5 Å². The summed E-state index contributed by atoms with van der Waals surface area (Å²) in [5.41, 5.74) is 0.772. The van der Waals surface area contributed by atoms with Gasteiger partial charge in [0.1, 0.15) is 5.75 Å². The standard InChI is InChI=1S/C15H22F2N2O/c16-15(17)20-14-7-2-1-6-13(14)12-18-8-5-11-19-9-3-4-10-19/h1-2,6-7,15,18H,3-5,8-12H2. The normalized spacial score (nSPS) is 15.9. The molecule has 0 bridgehead atoms. The van der Waals surface area contributed by atoms with Gasteiger partial charge in [-0.1, -0.05) is 18.2 Å². The first-order valence-corrected chi connectivity index (χ1v) is 7.21. The molecule has 0 spiro atoms. The van der Waals surface area contributed by atoms with E-state index >= 15 is 0 Å². The molecule has 1 aromatic rings. The Morgan fingerprint density at radius 1 is 1.20 bits per heavy atom. The molecule has 1 aromatic carbocycles. The van der Waals surface area contributed by atoms with Crippen molar-refractivity contribution >= 4 is 0 Å². The maximum absolute atomic E-state index is 12.3. The van der Waals surface area contributed by atoms with Gasteiger partial charge >= 0.3 is 6.61 Å². The monoisotopic (exact) mass is 284 g/mol. The Morgan fingerprint density at radius 2 is 1.95 bits per heavy atom. The van der Waals surface area contributed by atoms with E-state index in [1.165, 1.54) is 25.9 Å². The van der Waals surface area contributed by atoms with Crippen LogP contribution in [0.3, 0.4) is 0 Å². The Bertz CT molecular complexity index is 395. The van der Waals surface area contributed by atoms with Crippen LogP contribution in [-0.4, -0.2) is 37.7 Å². The fraction of sp³-hybridized carbons (Fsp3) is 0.600. The second-order valence-electron chi connectivity index (χ2n) is 5.07. The van der Waals surface area contributed by atoms with Gasteiger partial charge in [0.2, 0.25) is 0 Å². The number of halogens is 2. The van der Waals surface area contributed by atoms with Gasteiger partial charge in [-0.05, 0) is 51.5 Å². The first kappa shape index (κ1) is 15.2. The van der Waals surface area contributed by atoms with Crippen molar-refractivity contribution in [3.8, 4) is 5.75 Å². The van der Waals surface area contributed by atoms with Crippen molar-refractivity contribution in [2.45, 2.75) is 32.4 Å². The lowest BCUT2D eigenvalue weighted by Crippen LogP contribution is -2.24. The molecule has 0 aliphatic carbocycles. The largest absolute Gasteiger partial charge is 0.434 e. The summed E-state index contributed by atoms with van der Waals surface area (Å²) in [6.45, 7) is 2.21. The van der Waals surface area contributed by atoms with E-state index in [4.69, 9.17) is 0 Å². The minimum atomic E-state index is -2.77. The minimum Gasteiger partial charge on any atom is -0.434 e. The number of benzene rings is 1. The third-order valence-corrected chi connectivity index (χ3v) is 3.53. The van der Waals surface area contributed by atoms with E-state index < -0.39 is 6.61 Å². The zero-order chi connectivity index (χ0) is 14.2. The predicted molar refractivity (Wildman–Crippen MR) is 75.1 cm³/mol. The van der Waals surface area contributed by atoms with Crippen molar-refractivity contribution in [3.63, 3.8) is 0 Å². The van der Waals surface area contributed by atoms with Gasteiger partial charge in [0.05, 0.1) is 0 Å². The molecular weight excluding hydrogens is 262 g/mol. The molecule has 5 heteroatoms. The van der Waals surface area contributed by atoms with Gasteiger partial charge < -0.3 is 15.0 Å². The fourth-order valence-corrected chi connectivity index (χ4v) is 2.52. The summed E-state index contributed by atoms with van der Waals surface area (Å²) in [6.07, 6.45) is 3.70. The molecule has 0 saturated carbocycles. The van der Waals surface area contributed by atoms with E-state index in [9.17, 15) is 8.78 Å². The quantitative estimate of drug-likeness (QED) is 0.743. The molecule has 112 valence electrons. The zero-order valence-electron chi connectivity index (χ0n) is 11.7. The van der Waals surface area contributed by atoms with Crippen LogP contribution in [0.1, 0.15) is 24.8 Å². The second kappa shape index (κ2) is 8.17. The van der Waals surface area contributed by atoms with E-state index in [2.05, 4.69) is 15.0 Å². The zero-order valence-corrected chi connectivity index (χ0v) is 11.7.